The highest BCUT2D eigenvalue weighted by Crippen LogP contribution is 2.29. The quantitative estimate of drug-likeness (QED) is 0.591. The second kappa shape index (κ2) is 5.75. The van der Waals surface area contributed by atoms with Gasteiger partial charge in [-0.1, -0.05) is 32.4 Å². The topological polar surface area (TPSA) is 43.6 Å². The molecule has 0 aliphatic heterocycles. The molecule has 4 nitrogen and oxygen atoms in total. The molecule has 0 radical (unpaired) electrons. The average Bonchev–Trinajstić information content (AvgIpc) is 2.73. The SMILES string of the molecule is CCc1nn(C)cc1-c1nc(Cl)c(I)c(C(C)C)n1. The molecule has 0 bridgehead atoms. The van der Waals surface area contributed by atoms with E-state index in [1.54, 1.807) is 4.68 Å². The van der Waals surface area contributed by atoms with Gasteiger partial charge < -0.3 is 0 Å². The Bertz CT molecular complexity index is 607. The van der Waals surface area contributed by atoms with Gasteiger partial charge in [-0.25, -0.2) is 9.97 Å². The van der Waals surface area contributed by atoms with E-state index in [4.69, 9.17) is 11.6 Å². The van der Waals surface area contributed by atoms with Crippen molar-refractivity contribution in [3.8, 4) is 11.4 Å². The van der Waals surface area contributed by atoms with Crippen molar-refractivity contribution >= 4 is 34.2 Å². The summed E-state index contributed by atoms with van der Waals surface area (Å²) in [5.41, 5.74) is 2.95. The molecule has 2 heterocycles. The third-order valence-electron chi connectivity index (χ3n) is 2.86. The van der Waals surface area contributed by atoms with Gasteiger partial charge in [0, 0.05) is 13.2 Å². The third-order valence-corrected chi connectivity index (χ3v) is 4.52. The Morgan fingerprint density at radius 2 is 2.05 bits per heavy atom. The predicted molar refractivity (Wildman–Crippen MR) is 85.4 cm³/mol. The molecule has 0 aromatic carbocycles. The van der Waals surface area contributed by atoms with Crippen LogP contribution in [0.15, 0.2) is 6.20 Å². The molecule has 0 aliphatic carbocycles. The minimum Gasteiger partial charge on any atom is -0.275 e. The summed E-state index contributed by atoms with van der Waals surface area (Å²) in [6.45, 7) is 6.28. The van der Waals surface area contributed by atoms with Crippen molar-refractivity contribution in [2.24, 2.45) is 7.05 Å². The van der Waals surface area contributed by atoms with Crippen LogP contribution in [0.5, 0.6) is 0 Å². The first-order valence-corrected chi connectivity index (χ1v) is 7.65. The maximum absolute atomic E-state index is 6.23. The fourth-order valence-electron chi connectivity index (χ4n) is 1.92. The minimum atomic E-state index is 0.313. The second-order valence-electron chi connectivity index (χ2n) is 4.71. The van der Waals surface area contributed by atoms with Crippen LogP contribution in [-0.4, -0.2) is 19.7 Å². The maximum Gasteiger partial charge on any atom is 0.164 e. The molecule has 0 atom stereocenters. The van der Waals surface area contributed by atoms with E-state index in [2.05, 4.69) is 58.4 Å². The number of hydrogen-bond acceptors (Lipinski definition) is 3. The maximum atomic E-state index is 6.23. The van der Waals surface area contributed by atoms with Gasteiger partial charge in [-0.3, -0.25) is 4.68 Å². The Morgan fingerprint density at radius 1 is 1.37 bits per heavy atom. The average molecular weight is 391 g/mol. The number of nitrogens with zero attached hydrogens (tertiary/aromatic N) is 4. The van der Waals surface area contributed by atoms with Crippen LogP contribution in [0.4, 0.5) is 0 Å². The van der Waals surface area contributed by atoms with E-state index in [0.717, 1.165) is 26.9 Å². The van der Waals surface area contributed by atoms with Crippen molar-refractivity contribution in [1.82, 2.24) is 19.7 Å². The Kier molecular flexibility index (Phi) is 4.45. The molecule has 0 unspecified atom stereocenters. The number of rotatable bonds is 3. The Balaban J connectivity index is 2.62. The van der Waals surface area contributed by atoms with Gasteiger partial charge in [-0.05, 0) is 34.9 Å². The predicted octanol–water partition coefficient (Wildman–Crippen LogP) is 3.82. The van der Waals surface area contributed by atoms with Crippen LogP contribution < -0.4 is 0 Å². The van der Waals surface area contributed by atoms with Crippen molar-refractivity contribution in [1.29, 1.82) is 0 Å². The number of halogens is 2. The second-order valence-corrected chi connectivity index (χ2v) is 6.15. The zero-order chi connectivity index (χ0) is 14.2. The van der Waals surface area contributed by atoms with E-state index in [9.17, 15) is 0 Å². The van der Waals surface area contributed by atoms with Crippen LogP contribution in [0.2, 0.25) is 5.15 Å². The zero-order valence-electron chi connectivity index (χ0n) is 11.4. The molecule has 0 saturated carbocycles. The molecule has 0 spiro atoms. The summed E-state index contributed by atoms with van der Waals surface area (Å²) in [6, 6.07) is 0. The van der Waals surface area contributed by atoms with Gasteiger partial charge in [0.2, 0.25) is 0 Å². The Morgan fingerprint density at radius 3 is 2.63 bits per heavy atom. The van der Waals surface area contributed by atoms with Crippen LogP contribution in [0.3, 0.4) is 0 Å². The highest BCUT2D eigenvalue weighted by atomic mass is 127. The molecule has 0 saturated heterocycles. The van der Waals surface area contributed by atoms with Crippen molar-refractivity contribution in [3.05, 3.63) is 26.3 Å². The summed E-state index contributed by atoms with van der Waals surface area (Å²) < 4.78 is 2.72. The number of aryl methyl sites for hydroxylation is 2. The lowest BCUT2D eigenvalue weighted by Crippen LogP contribution is -2.03. The summed E-state index contributed by atoms with van der Waals surface area (Å²) in [7, 11) is 1.90. The van der Waals surface area contributed by atoms with Crippen LogP contribution in [0.25, 0.3) is 11.4 Å². The molecule has 2 rings (SSSR count). The van der Waals surface area contributed by atoms with E-state index in [1.165, 1.54) is 0 Å². The lowest BCUT2D eigenvalue weighted by atomic mass is 10.1. The van der Waals surface area contributed by atoms with Crippen molar-refractivity contribution < 1.29 is 0 Å². The Labute approximate surface area is 131 Å². The van der Waals surface area contributed by atoms with Gasteiger partial charge in [0.1, 0.15) is 5.15 Å². The molecule has 0 amide bonds. The van der Waals surface area contributed by atoms with Crippen LogP contribution in [0.1, 0.15) is 38.1 Å². The summed E-state index contributed by atoms with van der Waals surface area (Å²) in [5, 5.41) is 4.94. The lowest BCUT2D eigenvalue weighted by Gasteiger charge is -2.10. The van der Waals surface area contributed by atoms with E-state index in [0.29, 0.717) is 16.9 Å². The fourth-order valence-corrected chi connectivity index (χ4v) is 2.96. The van der Waals surface area contributed by atoms with E-state index in [1.807, 2.05) is 13.2 Å². The molecule has 2 aromatic heterocycles. The van der Waals surface area contributed by atoms with Crippen molar-refractivity contribution in [2.75, 3.05) is 0 Å². The lowest BCUT2D eigenvalue weighted by molar-refractivity contribution is 0.746. The summed E-state index contributed by atoms with van der Waals surface area (Å²) in [4.78, 5) is 9.07. The third kappa shape index (κ3) is 2.91. The Hall–Kier alpha value is -0.690. The summed E-state index contributed by atoms with van der Waals surface area (Å²) in [5.74, 6) is 0.979. The molecule has 0 N–H and O–H groups in total. The van der Waals surface area contributed by atoms with Crippen LogP contribution in [-0.2, 0) is 13.5 Å². The van der Waals surface area contributed by atoms with Gasteiger partial charge in [0.25, 0.3) is 0 Å². The normalized spacial score (nSPS) is 11.3. The fraction of sp³-hybridized carbons (Fsp3) is 0.462. The van der Waals surface area contributed by atoms with Gasteiger partial charge in [0.15, 0.2) is 5.82 Å². The monoisotopic (exact) mass is 390 g/mol. The molecule has 6 heteroatoms. The molecular formula is C13H16ClIN4. The van der Waals surface area contributed by atoms with Crippen molar-refractivity contribution in [3.63, 3.8) is 0 Å². The first-order valence-electron chi connectivity index (χ1n) is 6.19. The van der Waals surface area contributed by atoms with E-state index >= 15 is 0 Å². The highest BCUT2D eigenvalue weighted by molar-refractivity contribution is 14.1. The van der Waals surface area contributed by atoms with Crippen LogP contribution in [0, 0.1) is 3.57 Å². The zero-order valence-corrected chi connectivity index (χ0v) is 14.3. The number of hydrogen-bond donors (Lipinski definition) is 0. The minimum absolute atomic E-state index is 0.313. The first kappa shape index (κ1) is 14.7. The van der Waals surface area contributed by atoms with E-state index in [-0.39, 0.29) is 0 Å². The standard InChI is InChI=1S/C13H16ClIN4/c1-5-9-8(6-19(4)18-9)13-16-11(7(2)3)10(15)12(14)17-13/h6-7H,5H2,1-4H3. The van der Waals surface area contributed by atoms with Gasteiger partial charge >= 0.3 is 0 Å². The molecule has 0 aliphatic rings. The van der Waals surface area contributed by atoms with Crippen molar-refractivity contribution in [2.45, 2.75) is 33.1 Å². The number of aromatic nitrogens is 4. The van der Waals surface area contributed by atoms with Gasteiger partial charge in [-0.15, -0.1) is 0 Å². The van der Waals surface area contributed by atoms with Gasteiger partial charge in [0.05, 0.1) is 20.5 Å². The molecule has 102 valence electrons. The molecule has 19 heavy (non-hydrogen) atoms. The van der Waals surface area contributed by atoms with Gasteiger partial charge in [-0.2, -0.15) is 5.10 Å². The van der Waals surface area contributed by atoms with E-state index < -0.39 is 0 Å². The summed E-state index contributed by atoms with van der Waals surface area (Å²) in [6.07, 6.45) is 2.79. The molecule has 0 fully saturated rings. The molecule has 2 aromatic rings. The smallest absolute Gasteiger partial charge is 0.164 e. The summed E-state index contributed by atoms with van der Waals surface area (Å²) >= 11 is 8.43. The van der Waals surface area contributed by atoms with Crippen LogP contribution >= 0.6 is 34.2 Å². The largest absolute Gasteiger partial charge is 0.275 e. The molecular weight excluding hydrogens is 375 g/mol. The highest BCUT2D eigenvalue weighted by Gasteiger charge is 2.17. The first-order chi connectivity index (χ1) is 8.93.